The SMILES string of the molecule is CCNCC(C)Cc1cccc(Cl)c1F. The van der Waals surface area contributed by atoms with Crippen molar-refractivity contribution < 1.29 is 4.39 Å². The van der Waals surface area contributed by atoms with Gasteiger partial charge in [-0.15, -0.1) is 0 Å². The van der Waals surface area contributed by atoms with Gasteiger partial charge in [0.1, 0.15) is 5.82 Å². The lowest BCUT2D eigenvalue weighted by Gasteiger charge is -2.12. The lowest BCUT2D eigenvalue weighted by atomic mass is 10.0. The maximum atomic E-state index is 13.5. The van der Waals surface area contributed by atoms with Gasteiger partial charge in [0.05, 0.1) is 5.02 Å². The van der Waals surface area contributed by atoms with Crippen LogP contribution < -0.4 is 5.32 Å². The van der Waals surface area contributed by atoms with Crippen LogP contribution in [0.2, 0.25) is 5.02 Å². The maximum Gasteiger partial charge on any atom is 0.144 e. The van der Waals surface area contributed by atoms with Gasteiger partial charge >= 0.3 is 0 Å². The molecule has 0 fully saturated rings. The van der Waals surface area contributed by atoms with E-state index in [9.17, 15) is 4.39 Å². The van der Waals surface area contributed by atoms with E-state index < -0.39 is 0 Å². The van der Waals surface area contributed by atoms with Crippen LogP contribution in [-0.4, -0.2) is 13.1 Å². The molecule has 1 atom stereocenters. The van der Waals surface area contributed by atoms with Gasteiger partial charge in [-0.25, -0.2) is 4.39 Å². The Kier molecular flexibility index (Phi) is 5.06. The molecule has 0 saturated carbocycles. The second-order valence-electron chi connectivity index (χ2n) is 3.83. The molecule has 0 saturated heterocycles. The van der Waals surface area contributed by atoms with Crippen LogP contribution in [-0.2, 0) is 6.42 Å². The van der Waals surface area contributed by atoms with E-state index in [0.29, 0.717) is 11.5 Å². The summed E-state index contributed by atoms with van der Waals surface area (Å²) >= 11 is 5.71. The fraction of sp³-hybridized carbons (Fsp3) is 0.500. The molecule has 0 aliphatic carbocycles. The molecule has 0 spiro atoms. The van der Waals surface area contributed by atoms with Gasteiger partial charge in [-0.3, -0.25) is 0 Å². The second kappa shape index (κ2) is 6.09. The van der Waals surface area contributed by atoms with Crippen LogP contribution in [0.25, 0.3) is 0 Å². The number of hydrogen-bond acceptors (Lipinski definition) is 1. The van der Waals surface area contributed by atoms with Crippen LogP contribution >= 0.6 is 11.6 Å². The number of nitrogens with one attached hydrogen (secondary N) is 1. The highest BCUT2D eigenvalue weighted by molar-refractivity contribution is 6.30. The van der Waals surface area contributed by atoms with Crippen molar-refractivity contribution in [2.24, 2.45) is 5.92 Å². The van der Waals surface area contributed by atoms with E-state index in [-0.39, 0.29) is 10.8 Å². The molecule has 0 bridgehead atoms. The Bertz CT molecular complexity index is 314. The Morgan fingerprint density at radius 3 is 2.87 bits per heavy atom. The van der Waals surface area contributed by atoms with E-state index in [0.717, 1.165) is 19.5 Å². The van der Waals surface area contributed by atoms with Crippen molar-refractivity contribution in [3.05, 3.63) is 34.6 Å². The molecule has 0 aliphatic heterocycles. The summed E-state index contributed by atoms with van der Waals surface area (Å²) in [6.45, 7) is 6.01. The lowest BCUT2D eigenvalue weighted by molar-refractivity contribution is 0.505. The van der Waals surface area contributed by atoms with Gasteiger partial charge in [-0.2, -0.15) is 0 Å². The molecule has 0 aromatic heterocycles. The number of halogens is 2. The van der Waals surface area contributed by atoms with E-state index in [1.807, 2.05) is 0 Å². The zero-order chi connectivity index (χ0) is 11.3. The first kappa shape index (κ1) is 12.5. The number of hydrogen-bond donors (Lipinski definition) is 1. The maximum absolute atomic E-state index is 13.5. The summed E-state index contributed by atoms with van der Waals surface area (Å²) in [5.41, 5.74) is 0.702. The molecule has 1 aromatic rings. The highest BCUT2D eigenvalue weighted by atomic mass is 35.5. The van der Waals surface area contributed by atoms with Crippen LogP contribution in [0, 0.1) is 11.7 Å². The minimum atomic E-state index is -0.275. The molecular formula is C12H17ClFN. The standard InChI is InChI=1S/C12H17ClFN/c1-3-15-8-9(2)7-10-5-4-6-11(13)12(10)14/h4-6,9,15H,3,7-8H2,1-2H3. The molecule has 1 unspecified atom stereocenters. The molecule has 15 heavy (non-hydrogen) atoms. The van der Waals surface area contributed by atoms with Crippen LogP contribution in [0.1, 0.15) is 19.4 Å². The van der Waals surface area contributed by atoms with Crippen molar-refractivity contribution >= 4 is 11.6 Å². The summed E-state index contributed by atoms with van der Waals surface area (Å²) in [5.74, 6) is 0.139. The Hall–Kier alpha value is -0.600. The topological polar surface area (TPSA) is 12.0 Å². The predicted octanol–water partition coefficient (Wildman–Crippen LogP) is 3.27. The molecule has 0 radical (unpaired) electrons. The van der Waals surface area contributed by atoms with E-state index in [4.69, 9.17) is 11.6 Å². The molecule has 0 heterocycles. The van der Waals surface area contributed by atoms with Crippen molar-refractivity contribution in [1.29, 1.82) is 0 Å². The van der Waals surface area contributed by atoms with E-state index in [2.05, 4.69) is 19.2 Å². The van der Waals surface area contributed by atoms with Gasteiger partial charge in [0.25, 0.3) is 0 Å². The Morgan fingerprint density at radius 1 is 1.47 bits per heavy atom. The summed E-state index contributed by atoms with van der Waals surface area (Å²) in [6, 6.07) is 5.17. The van der Waals surface area contributed by atoms with Crippen LogP contribution in [0.3, 0.4) is 0 Å². The van der Waals surface area contributed by atoms with Crippen LogP contribution in [0.15, 0.2) is 18.2 Å². The smallest absolute Gasteiger partial charge is 0.144 e. The second-order valence-corrected chi connectivity index (χ2v) is 4.24. The zero-order valence-corrected chi connectivity index (χ0v) is 9.94. The van der Waals surface area contributed by atoms with Crippen molar-refractivity contribution in [3.8, 4) is 0 Å². The normalized spacial score (nSPS) is 12.8. The van der Waals surface area contributed by atoms with E-state index >= 15 is 0 Å². The summed E-state index contributed by atoms with van der Waals surface area (Å²) in [7, 11) is 0. The summed E-state index contributed by atoms with van der Waals surface area (Å²) < 4.78 is 13.5. The van der Waals surface area contributed by atoms with Crippen LogP contribution in [0.5, 0.6) is 0 Å². The third-order valence-corrected chi connectivity index (χ3v) is 2.63. The minimum Gasteiger partial charge on any atom is -0.317 e. The first-order valence-corrected chi connectivity index (χ1v) is 5.66. The predicted molar refractivity (Wildman–Crippen MR) is 62.8 cm³/mol. The zero-order valence-electron chi connectivity index (χ0n) is 9.19. The fourth-order valence-corrected chi connectivity index (χ4v) is 1.74. The van der Waals surface area contributed by atoms with Gasteiger partial charge < -0.3 is 5.32 Å². The van der Waals surface area contributed by atoms with Gasteiger partial charge in [0, 0.05) is 0 Å². The van der Waals surface area contributed by atoms with Crippen molar-refractivity contribution in [3.63, 3.8) is 0 Å². The summed E-state index contributed by atoms with van der Waals surface area (Å²) in [6.07, 6.45) is 0.722. The molecule has 0 amide bonds. The van der Waals surface area contributed by atoms with Gasteiger partial charge in [-0.05, 0) is 37.1 Å². The molecule has 84 valence electrons. The molecule has 1 aromatic carbocycles. The largest absolute Gasteiger partial charge is 0.317 e. The highest BCUT2D eigenvalue weighted by Crippen LogP contribution is 2.20. The van der Waals surface area contributed by atoms with E-state index in [1.165, 1.54) is 0 Å². The van der Waals surface area contributed by atoms with Gasteiger partial charge in [0.15, 0.2) is 0 Å². The molecule has 3 heteroatoms. The lowest BCUT2D eigenvalue weighted by Crippen LogP contribution is -2.22. The summed E-state index contributed by atoms with van der Waals surface area (Å²) in [5, 5.41) is 3.46. The van der Waals surface area contributed by atoms with E-state index in [1.54, 1.807) is 18.2 Å². The third kappa shape index (κ3) is 3.80. The third-order valence-electron chi connectivity index (χ3n) is 2.34. The molecule has 1 N–H and O–H groups in total. The minimum absolute atomic E-state index is 0.211. The number of benzene rings is 1. The average molecular weight is 230 g/mol. The first-order chi connectivity index (χ1) is 7.15. The fourth-order valence-electron chi connectivity index (χ4n) is 1.54. The van der Waals surface area contributed by atoms with Crippen LogP contribution in [0.4, 0.5) is 4.39 Å². The number of rotatable bonds is 5. The molecule has 1 rings (SSSR count). The Morgan fingerprint density at radius 2 is 2.20 bits per heavy atom. The Labute approximate surface area is 95.6 Å². The van der Waals surface area contributed by atoms with Crippen molar-refractivity contribution in [2.45, 2.75) is 20.3 Å². The quantitative estimate of drug-likeness (QED) is 0.817. The molecule has 1 nitrogen and oxygen atoms in total. The first-order valence-electron chi connectivity index (χ1n) is 5.28. The molecule has 0 aliphatic rings. The highest BCUT2D eigenvalue weighted by Gasteiger charge is 2.09. The average Bonchev–Trinajstić information content (AvgIpc) is 2.22. The van der Waals surface area contributed by atoms with Gasteiger partial charge in [0.2, 0.25) is 0 Å². The molecular weight excluding hydrogens is 213 g/mol. The van der Waals surface area contributed by atoms with Crippen molar-refractivity contribution in [1.82, 2.24) is 5.32 Å². The monoisotopic (exact) mass is 229 g/mol. The van der Waals surface area contributed by atoms with Crippen molar-refractivity contribution in [2.75, 3.05) is 13.1 Å². The summed E-state index contributed by atoms with van der Waals surface area (Å²) in [4.78, 5) is 0. The van der Waals surface area contributed by atoms with Gasteiger partial charge in [-0.1, -0.05) is 37.6 Å². The Balaban J connectivity index is 2.60.